The SMILES string of the molecule is CC1(CN2CCN(CC(=O)NC3CC3)CC2)CCNC1. The Kier molecular flexibility index (Phi) is 4.29. The van der Waals surface area contributed by atoms with Gasteiger partial charge in [-0.15, -0.1) is 0 Å². The molecule has 0 radical (unpaired) electrons. The van der Waals surface area contributed by atoms with E-state index in [0.717, 1.165) is 39.3 Å². The summed E-state index contributed by atoms with van der Waals surface area (Å²) in [6.45, 7) is 10.8. The first-order valence-corrected chi connectivity index (χ1v) is 8.08. The monoisotopic (exact) mass is 280 g/mol. The fourth-order valence-electron chi connectivity index (χ4n) is 3.35. The highest BCUT2D eigenvalue weighted by atomic mass is 16.2. The van der Waals surface area contributed by atoms with Crippen LogP contribution in [-0.2, 0) is 4.79 Å². The zero-order valence-electron chi connectivity index (χ0n) is 12.7. The third-order valence-corrected chi connectivity index (χ3v) is 4.84. The topological polar surface area (TPSA) is 47.6 Å². The Balaban J connectivity index is 1.36. The van der Waals surface area contributed by atoms with Crippen molar-refractivity contribution < 1.29 is 4.79 Å². The molecule has 5 heteroatoms. The molecule has 0 aromatic carbocycles. The van der Waals surface area contributed by atoms with E-state index in [-0.39, 0.29) is 5.91 Å². The number of hydrogen-bond acceptors (Lipinski definition) is 4. The molecule has 2 aliphatic heterocycles. The molecule has 5 nitrogen and oxygen atoms in total. The van der Waals surface area contributed by atoms with Crippen molar-refractivity contribution in [3.63, 3.8) is 0 Å². The van der Waals surface area contributed by atoms with E-state index in [1.165, 1.54) is 25.8 Å². The van der Waals surface area contributed by atoms with Gasteiger partial charge in [0, 0.05) is 45.3 Å². The molecule has 1 aliphatic carbocycles. The van der Waals surface area contributed by atoms with Crippen molar-refractivity contribution in [3.05, 3.63) is 0 Å². The summed E-state index contributed by atoms with van der Waals surface area (Å²) in [5.41, 5.74) is 0.450. The van der Waals surface area contributed by atoms with Crippen LogP contribution in [0.1, 0.15) is 26.2 Å². The average Bonchev–Trinajstić information content (AvgIpc) is 3.12. The first kappa shape index (κ1) is 14.3. The molecule has 0 aromatic heterocycles. The molecule has 0 aromatic rings. The van der Waals surface area contributed by atoms with Crippen molar-refractivity contribution >= 4 is 5.91 Å². The lowest BCUT2D eigenvalue weighted by atomic mass is 9.89. The van der Waals surface area contributed by atoms with Gasteiger partial charge in [-0.1, -0.05) is 6.92 Å². The van der Waals surface area contributed by atoms with Crippen molar-refractivity contribution in [1.29, 1.82) is 0 Å². The molecule has 3 fully saturated rings. The summed E-state index contributed by atoms with van der Waals surface area (Å²) in [6.07, 6.45) is 3.63. The highest BCUT2D eigenvalue weighted by Crippen LogP contribution is 2.26. The first-order valence-electron chi connectivity index (χ1n) is 8.08. The van der Waals surface area contributed by atoms with Gasteiger partial charge in [0.05, 0.1) is 6.54 Å². The molecular formula is C15H28N4O. The van der Waals surface area contributed by atoms with Gasteiger partial charge in [0.15, 0.2) is 0 Å². The Labute approximate surface area is 122 Å². The van der Waals surface area contributed by atoms with Crippen LogP contribution in [0.3, 0.4) is 0 Å². The summed E-state index contributed by atoms with van der Waals surface area (Å²) >= 11 is 0. The normalized spacial score (nSPS) is 32.5. The van der Waals surface area contributed by atoms with Gasteiger partial charge in [0.25, 0.3) is 0 Å². The Bertz CT molecular complexity index is 342. The van der Waals surface area contributed by atoms with Crippen molar-refractivity contribution in [2.45, 2.75) is 32.2 Å². The van der Waals surface area contributed by atoms with E-state index in [9.17, 15) is 4.79 Å². The molecule has 0 spiro atoms. The minimum Gasteiger partial charge on any atom is -0.352 e. The molecule has 1 unspecified atom stereocenters. The van der Waals surface area contributed by atoms with Gasteiger partial charge in [-0.2, -0.15) is 0 Å². The quantitative estimate of drug-likeness (QED) is 0.737. The largest absolute Gasteiger partial charge is 0.352 e. The van der Waals surface area contributed by atoms with Crippen molar-refractivity contribution in [2.75, 3.05) is 52.4 Å². The van der Waals surface area contributed by atoms with E-state index < -0.39 is 0 Å². The Morgan fingerprint density at radius 1 is 1.25 bits per heavy atom. The van der Waals surface area contributed by atoms with Crippen LogP contribution in [0.5, 0.6) is 0 Å². The summed E-state index contributed by atoms with van der Waals surface area (Å²) in [4.78, 5) is 16.7. The molecule has 1 saturated carbocycles. The van der Waals surface area contributed by atoms with Gasteiger partial charge in [-0.05, 0) is 31.2 Å². The number of nitrogens with zero attached hydrogens (tertiary/aromatic N) is 2. The first-order chi connectivity index (χ1) is 9.63. The van der Waals surface area contributed by atoms with E-state index >= 15 is 0 Å². The molecule has 1 amide bonds. The van der Waals surface area contributed by atoms with Gasteiger partial charge < -0.3 is 15.5 Å². The second-order valence-corrected chi connectivity index (χ2v) is 7.13. The predicted molar refractivity (Wildman–Crippen MR) is 79.6 cm³/mol. The number of carbonyl (C=O) groups excluding carboxylic acids is 1. The lowest BCUT2D eigenvalue weighted by Gasteiger charge is -2.38. The van der Waals surface area contributed by atoms with Crippen LogP contribution in [0.15, 0.2) is 0 Å². The molecule has 1 atom stereocenters. The van der Waals surface area contributed by atoms with E-state index in [2.05, 4.69) is 27.4 Å². The molecule has 0 bridgehead atoms. The zero-order valence-corrected chi connectivity index (χ0v) is 12.7. The molecule has 114 valence electrons. The van der Waals surface area contributed by atoms with Gasteiger partial charge in [0.2, 0.25) is 5.91 Å². The Morgan fingerprint density at radius 2 is 1.95 bits per heavy atom. The van der Waals surface area contributed by atoms with Crippen LogP contribution in [0, 0.1) is 5.41 Å². The fraction of sp³-hybridized carbons (Fsp3) is 0.933. The van der Waals surface area contributed by atoms with Gasteiger partial charge in [-0.3, -0.25) is 9.69 Å². The van der Waals surface area contributed by atoms with Gasteiger partial charge >= 0.3 is 0 Å². The van der Waals surface area contributed by atoms with E-state index in [0.29, 0.717) is 18.0 Å². The number of piperazine rings is 1. The lowest BCUT2D eigenvalue weighted by Crippen LogP contribution is -2.51. The maximum Gasteiger partial charge on any atom is 0.234 e. The van der Waals surface area contributed by atoms with Crippen LogP contribution in [0.2, 0.25) is 0 Å². The predicted octanol–water partition coefficient (Wildman–Crippen LogP) is -0.118. The Hall–Kier alpha value is -0.650. The third-order valence-electron chi connectivity index (χ3n) is 4.84. The van der Waals surface area contributed by atoms with E-state index in [1.807, 2.05) is 0 Å². The highest BCUT2D eigenvalue weighted by molar-refractivity contribution is 5.78. The minimum absolute atomic E-state index is 0.216. The van der Waals surface area contributed by atoms with Crippen molar-refractivity contribution in [3.8, 4) is 0 Å². The molecule has 2 N–H and O–H groups in total. The van der Waals surface area contributed by atoms with E-state index in [4.69, 9.17) is 0 Å². The van der Waals surface area contributed by atoms with E-state index in [1.54, 1.807) is 0 Å². The summed E-state index contributed by atoms with van der Waals surface area (Å²) in [7, 11) is 0. The Morgan fingerprint density at radius 3 is 2.55 bits per heavy atom. The molecular weight excluding hydrogens is 252 g/mol. The van der Waals surface area contributed by atoms with Gasteiger partial charge in [-0.25, -0.2) is 0 Å². The number of amides is 1. The minimum atomic E-state index is 0.216. The van der Waals surface area contributed by atoms with Gasteiger partial charge in [0.1, 0.15) is 0 Å². The van der Waals surface area contributed by atoms with Crippen LogP contribution in [0.4, 0.5) is 0 Å². The van der Waals surface area contributed by atoms with Crippen molar-refractivity contribution in [1.82, 2.24) is 20.4 Å². The van der Waals surface area contributed by atoms with Crippen LogP contribution >= 0.6 is 0 Å². The maximum atomic E-state index is 11.8. The standard InChI is InChI=1S/C15H28N4O/c1-15(4-5-16-11-15)12-19-8-6-18(7-9-19)10-14(20)17-13-2-3-13/h13,16H,2-12H2,1H3,(H,17,20). The van der Waals surface area contributed by atoms with Crippen molar-refractivity contribution in [2.24, 2.45) is 5.41 Å². The lowest BCUT2D eigenvalue weighted by molar-refractivity contribution is -0.122. The number of hydrogen-bond donors (Lipinski definition) is 2. The fourth-order valence-corrected chi connectivity index (χ4v) is 3.35. The average molecular weight is 280 g/mol. The highest BCUT2D eigenvalue weighted by Gasteiger charge is 2.32. The molecule has 2 heterocycles. The molecule has 20 heavy (non-hydrogen) atoms. The van der Waals surface area contributed by atoms with Crippen LogP contribution in [0.25, 0.3) is 0 Å². The summed E-state index contributed by atoms with van der Waals surface area (Å²) in [5, 5.41) is 6.55. The van der Waals surface area contributed by atoms with Crippen LogP contribution in [-0.4, -0.2) is 74.1 Å². The summed E-state index contributed by atoms with van der Waals surface area (Å²) in [6, 6.07) is 0.485. The number of carbonyl (C=O) groups is 1. The summed E-state index contributed by atoms with van der Waals surface area (Å²) in [5.74, 6) is 0.216. The molecule has 3 rings (SSSR count). The maximum absolute atomic E-state index is 11.8. The summed E-state index contributed by atoms with van der Waals surface area (Å²) < 4.78 is 0. The molecule has 3 aliphatic rings. The second kappa shape index (κ2) is 6.00. The third kappa shape index (κ3) is 3.93. The zero-order chi connectivity index (χ0) is 14.0. The smallest absolute Gasteiger partial charge is 0.234 e. The number of rotatable bonds is 5. The molecule has 2 saturated heterocycles. The van der Waals surface area contributed by atoms with Crippen LogP contribution < -0.4 is 10.6 Å². The number of nitrogens with one attached hydrogen (secondary N) is 2. The second-order valence-electron chi connectivity index (χ2n) is 7.13.